The van der Waals surface area contributed by atoms with Gasteiger partial charge in [0.15, 0.2) is 0 Å². The molecular weight excluding hydrogens is 282 g/mol. The molecule has 6 nitrogen and oxygen atoms in total. The molecule has 122 valence electrons. The predicted octanol–water partition coefficient (Wildman–Crippen LogP) is 1.19. The Morgan fingerprint density at radius 1 is 1.41 bits per heavy atom. The van der Waals surface area contributed by atoms with Crippen LogP contribution in [-0.4, -0.2) is 34.1 Å². The Kier molecular flexibility index (Phi) is 5.60. The maximum atomic E-state index is 12.5. The fraction of sp³-hybridized carbons (Fsp3) is 0.625. The number of aliphatic hydroxyl groups excluding tert-OH is 1. The maximum Gasteiger partial charge on any atom is 0.268 e. The van der Waals surface area contributed by atoms with Crippen LogP contribution in [-0.2, 0) is 7.05 Å². The summed E-state index contributed by atoms with van der Waals surface area (Å²) in [6.45, 7) is 0.0567. The van der Waals surface area contributed by atoms with E-state index in [-0.39, 0.29) is 18.6 Å². The minimum atomic E-state index is -0.547. The molecule has 1 unspecified atom stereocenters. The first-order valence-electron chi connectivity index (χ1n) is 7.90. The molecule has 1 aliphatic rings. The third-order valence-electron chi connectivity index (χ3n) is 4.50. The van der Waals surface area contributed by atoms with Crippen LogP contribution in [0.3, 0.4) is 0 Å². The van der Waals surface area contributed by atoms with Crippen molar-refractivity contribution in [2.75, 3.05) is 6.61 Å². The highest BCUT2D eigenvalue weighted by Gasteiger charge is 2.26. The molecule has 1 atom stereocenters. The van der Waals surface area contributed by atoms with Crippen LogP contribution in [0.4, 0.5) is 0 Å². The number of hydrogen-bond acceptors (Lipinski definition) is 3. The van der Waals surface area contributed by atoms with Crippen molar-refractivity contribution < 1.29 is 14.7 Å². The smallest absolute Gasteiger partial charge is 0.268 e. The zero-order valence-corrected chi connectivity index (χ0v) is 13.0. The summed E-state index contributed by atoms with van der Waals surface area (Å²) in [5.74, 6) is -0.353. The molecule has 1 heterocycles. The normalized spacial score (nSPS) is 17.2. The second kappa shape index (κ2) is 7.45. The van der Waals surface area contributed by atoms with E-state index in [4.69, 9.17) is 5.73 Å². The number of hydrogen-bond donors (Lipinski definition) is 3. The zero-order chi connectivity index (χ0) is 16.1. The minimum absolute atomic E-state index is 0.0234. The van der Waals surface area contributed by atoms with Gasteiger partial charge in [-0.3, -0.25) is 9.59 Å². The molecule has 1 fully saturated rings. The fourth-order valence-electron chi connectivity index (χ4n) is 3.27. The first-order chi connectivity index (χ1) is 10.5. The van der Waals surface area contributed by atoms with Gasteiger partial charge in [0.2, 0.25) is 5.91 Å². The van der Waals surface area contributed by atoms with Gasteiger partial charge in [0, 0.05) is 25.9 Å². The summed E-state index contributed by atoms with van der Waals surface area (Å²) >= 11 is 0. The van der Waals surface area contributed by atoms with Crippen molar-refractivity contribution in [2.45, 2.75) is 44.6 Å². The lowest BCUT2D eigenvalue weighted by Gasteiger charge is -2.30. The molecule has 0 aliphatic heterocycles. The van der Waals surface area contributed by atoms with Crippen LogP contribution in [0.5, 0.6) is 0 Å². The number of rotatable bonds is 6. The molecule has 0 saturated heterocycles. The van der Waals surface area contributed by atoms with E-state index in [0.29, 0.717) is 23.6 Å². The summed E-state index contributed by atoms with van der Waals surface area (Å²) in [7, 11) is 1.71. The van der Waals surface area contributed by atoms with E-state index in [1.165, 1.54) is 25.3 Å². The van der Waals surface area contributed by atoms with Crippen LogP contribution in [0, 0.1) is 5.92 Å². The Hall–Kier alpha value is -1.82. The monoisotopic (exact) mass is 307 g/mol. The highest BCUT2D eigenvalue weighted by Crippen LogP contribution is 2.28. The number of amides is 2. The van der Waals surface area contributed by atoms with Crippen molar-refractivity contribution in [3.8, 4) is 0 Å². The molecular formula is C16H25N3O3. The van der Waals surface area contributed by atoms with E-state index in [9.17, 15) is 14.7 Å². The number of nitrogens with one attached hydrogen (secondary N) is 1. The van der Waals surface area contributed by atoms with E-state index in [1.807, 2.05) is 0 Å². The molecule has 1 aromatic heterocycles. The number of nitrogens with zero attached hydrogens (tertiary/aromatic N) is 1. The van der Waals surface area contributed by atoms with Crippen LogP contribution in [0.25, 0.3) is 0 Å². The minimum Gasteiger partial charge on any atom is -0.396 e. The summed E-state index contributed by atoms with van der Waals surface area (Å²) in [6, 6.07) is 1.49. The second-order valence-corrected chi connectivity index (χ2v) is 6.08. The second-order valence-electron chi connectivity index (χ2n) is 6.08. The van der Waals surface area contributed by atoms with E-state index < -0.39 is 5.91 Å². The molecule has 0 aromatic carbocycles. The Balaban J connectivity index is 2.08. The lowest BCUT2D eigenvalue weighted by molar-refractivity contribution is 0.0891. The van der Waals surface area contributed by atoms with Crippen LogP contribution < -0.4 is 11.1 Å². The SMILES string of the molecule is Cn1cc(C(N)=O)cc1C(=O)NC(CCO)C1CCCCC1. The van der Waals surface area contributed by atoms with Gasteiger partial charge in [-0.1, -0.05) is 19.3 Å². The first kappa shape index (κ1) is 16.5. The van der Waals surface area contributed by atoms with Gasteiger partial charge < -0.3 is 20.7 Å². The summed E-state index contributed by atoms with van der Waals surface area (Å²) < 4.78 is 1.60. The number of aryl methyl sites for hydroxylation is 1. The summed E-state index contributed by atoms with van der Waals surface area (Å²) in [6.07, 6.45) is 7.89. The van der Waals surface area contributed by atoms with Gasteiger partial charge in [-0.15, -0.1) is 0 Å². The van der Waals surface area contributed by atoms with Crippen molar-refractivity contribution in [3.05, 3.63) is 23.5 Å². The van der Waals surface area contributed by atoms with Gasteiger partial charge in [0.05, 0.1) is 5.56 Å². The van der Waals surface area contributed by atoms with Gasteiger partial charge in [-0.05, 0) is 31.2 Å². The molecule has 0 spiro atoms. The van der Waals surface area contributed by atoms with Crippen LogP contribution >= 0.6 is 0 Å². The van der Waals surface area contributed by atoms with Crippen molar-refractivity contribution in [1.29, 1.82) is 0 Å². The van der Waals surface area contributed by atoms with E-state index in [1.54, 1.807) is 17.8 Å². The standard InChI is InChI=1S/C16H25N3O3/c1-19-10-12(15(17)21)9-14(19)16(22)18-13(7-8-20)11-5-3-2-4-6-11/h9-11,13,20H,2-8H2,1H3,(H2,17,21)(H,18,22). The van der Waals surface area contributed by atoms with Gasteiger partial charge in [-0.2, -0.15) is 0 Å². The highest BCUT2D eigenvalue weighted by molar-refractivity contribution is 5.98. The van der Waals surface area contributed by atoms with E-state index in [0.717, 1.165) is 12.8 Å². The van der Waals surface area contributed by atoms with Crippen LogP contribution in [0.15, 0.2) is 12.3 Å². The molecule has 0 radical (unpaired) electrons. The van der Waals surface area contributed by atoms with Crippen LogP contribution in [0.2, 0.25) is 0 Å². The Labute approximate surface area is 130 Å². The molecule has 6 heteroatoms. The summed E-state index contributed by atoms with van der Waals surface area (Å²) in [5, 5.41) is 12.3. The number of carbonyl (C=O) groups excluding carboxylic acids is 2. The average molecular weight is 307 g/mol. The van der Waals surface area contributed by atoms with E-state index >= 15 is 0 Å². The van der Waals surface area contributed by atoms with E-state index in [2.05, 4.69) is 5.32 Å². The lowest BCUT2D eigenvalue weighted by Crippen LogP contribution is -2.42. The Morgan fingerprint density at radius 3 is 2.64 bits per heavy atom. The summed E-state index contributed by atoms with van der Waals surface area (Å²) in [4.78, 5) is 23.7. The molecule has 1 aromatic rings. The van der Waals surface area contributed by atoms with Gasteiger partial charge in [0.1, 0.15) is 5.69 Å². The third kappa shape index (κ3) is 3.88. The van der Waals surface area contributed by atoms with Gasteiger partial charge in [-0.25, -0.2) is 0 Å². The van der Waals surface area contributed by atoms with Crippen LogP contribution in [0.1, 0.15) is 59.4 Å². The average Bonchev–Trinajstić information content (AvgIpc) is 2.90. The molecule has 2 amide bonds. The molecule has 22 heavy (non-hydrogen) atoms. The predicted molar refractivity (Wildman–Crippen MR) is 83.5 cm³/mol. The number of primary amides is 1. The first-order valence-corrected chi connectivity index (χ1v) is 7.90. The fourth-order valence-corrected chi connectivity index (χ4v) is 3.27. The van der Waals surface area contributed by atoms with Crippen molar-refractivity contribution >= 4 is 11.8 Å². The quantitative estimate of drug-likeness (QED) is 0.736. The molecule has 1 aliphatic carbocycles. The third-order valence-corrected chi connectivity index (χ3v) is 4.50. The topological polar surface area (TPSA) is 97.4 Å². The maximum absolute atomic E-state index is 12.5. The van der Waals surface area contributed by atoms with Crippen molar-refractivity contribution in [3.63, 3.8) is 0 Å². The summed E-state index contributed by atoms with van der Waals surface area (Å²) in [5.41, 5.74) is 5.98. The molecule has 0 bridgehead atoms. The largest absolute Gasteiger partial charge is 0.396 e. The number of carbonyl (C=O) groups is 2. The highest BCUT2D eigenvalue weighted by atomic mass is 16.3. The van der Waals surface area contributed by atoms with Gasteiger partial charge in [0.25, 0.3) is 5.91 Å². The zero-order valence-electron chi connectivity index (χ0n) is 13.0. The lowest BCUT2D eigenvalue weighted by atomic mass is 9.82. The molecule has 2 rings (SSSR count). The number of aliphatic hydroxyl groups is 1. The molecule has 4 N–H and O–H groups in total. The Bertz CT molecular complexity index is 533. The Morgan fingerprint density at radius 2 is 2.09 bits per heavy atom. The van der Waals surface area contributed by atoms with Crippen molar-refractivity contribution in [2.24, 2.45) is 18.7 Å². The number of aromatic nitrogens is 1. The molecule has 1 saturated carbocycles. The van der Waals surface area contributed by atoms with Crippen molar-refractivity contribution in [1.82, 2.24) is 9.88 Å². The van der Waals surface area contributed by atoms with Gasteiger partial charge >= 0.3 is 0 Å². The number of nitrogens with two attached hydrogens (primary N) is 1.